The van der Waals surface area contributed by atoms with Crippen molar-refractivity contribution < 1.29 is 27.1 Å². The number of allylic oxidation sites excluding steroid dienone is 2. The highest BCUT2D eigenvalue weighted by Crippen LogP contribution is 2.30. The Hall–Kier alpha value is -1.52. The summed E-state index contributed by atoms with van der Waals surface area (Å²) in [5, 5.41) is 0.450. The molecule has 0 aromatic rings. The number of thioether (sulfide) groups is 1. The summed E-state index contributed by atoms with van der Waals surface area (Å²) in [5.41, 5.74) is 0.318. The van der Waals surface area contributed by atoms with Crippen LogP contribution in [-0.2, 0) is 24.1 Å². The number of rotatable bonds is 6. The van der Waals surface area contributed by atoms with Crippen LogP contribution in [0.3, 0.4) is 0 Å². The minimum absolute atomic E-state index is 0.117. The van der Waals surface area contributed by atoms with Crippen LogP contribution in [0.15, 0.2) is 33.7 Å². The highest BCUT2D eigenvalue weighted by Gasteiger charge is 2.35. The fraction of sp³-hybridized carbons (Fsp3) is 0.650. The average Bonchev–Trinajstić information content (AvgIpc) is 2.72. The lowest BCUT2D eigenvalue weighted by atomic mass is 9.94. The number of hydrogen-bond donors (Lipinski definition) is 0. The maximum absolute atomic E-state index is 14.6. The third kappa shape index (κ3) is 5.39. The van der Waals surface area contributed by atoms with E-state index in [0.717, 1.165) is 26.1 Å². The van der Waals surface area contributed by atoms with Gasteiger partial charge in [0.15, 0.2) is 0 Å². The molecule has 2 fully saturated rings. The number of fused-ring (bicyclic) bond motifs is 1. The number of amides is 1. The topological polar surface area (TPSA) is 94.4 Å². The molecule has 1 aliphatic carbocycles. The van der Waals surface area contributed by atoms with E-state index in [0.29, 0.717) is 47.8 Å². The Bertz CT molecular complexity index is 905. The van der Waals surface area contributed by atoms with Crippen molar-refractivity contribution in [2.24, 2.45) is 21.8 Å². The van der Waals surface area contributed by atoms with Crippen molar-refractivity contribution in [1.82, 2.24) is 0 Å². The van der Waals surface area contributed by atoms with Gasteiger partial charge in [-0.1, -0.05) is 0 Å². The zero-order valence-corrected chi connectivity index (χ0v) is 18.2. The number of halogens is 1. The Kier molecular flexibility index (Phi) is 6.74. The van der Waals surface area contributed by atoms with Crippen LogP contribution in [-0.4, -0.2) is 68.2 Å². The second kappa shape index (κ2) is 9.32. The van der Waals surface area contributed by atoms with Crippen LogP contribution in [0.1, 0.15) is 25.7 Å². The summed E-state index contributed by atoms with van der Waals surface area (Å²) in [4.78, 5) is 20.8. The molecule has 30 heavy (non-hydrogen) atoms. The molecular weight excluding hydrogens is 431 g/mol. The first-order chi connectivity index (χ1) is 14.4. The lowest BCUT2D eigenvalue weighted by molar-refractivity contribution is -0.119. The lowest BCUT2D eigenvalue weighted by Gasteiger charge is -2.25. The summed E-state index contributed by atoms with van der Waals surface area (Å²) < 4.78 is 48.7. The zero-order chi connectivity index (χ0) is 21.1. The van der Waals surface area contributed by atoms with Crippen LogP contribution < -0.4 is 0 Å². The maximum atomic E-state index is 14.6. The molecule has 0 saturated carbocycles. The number of carbonyl (C=O) groups is 1. The van der Waals surface area contributed by atoms with E-state index in [2.05, 4.69) is 9.98 Å². The van der Waals surface area contributed by atoms with Gasteiger partial charge in [-0.25, -0.2) is 17.8 Å². The molecule has 2 saturated heterocycles. The monoisotopic (exact) mass is 456 g/mol. The Morgan fingerprint density at radius 1 is 1.13 bits per heavy atom. The van der Waals surface area contributed by atoms with Gasteiger partial charge in [-0.05, 0) is 31.6 Å². The Balaban J connectivity index is 1.38. The van der Waals surface area contributed by atoms with Gasteiger partial charge in [0.2, 0.25) is 0 Å². The van der Waals surface area contributed by atoms with Gasteiger partial charge in [0.25, 0.3) is 5.91 Å². The molecule has 0 spiro atoms. The van der Waals surface area contributed by atoms with Gasteiger partial charge in [-0.2, -0.15) is 16.8 Å². The van der Waals surface area contributed by atoms with E-state index in [4.69, 9.17) is 9.47 Å². The molecule has 0 N–H and O–H groups in total. The standard InChI is InChI=1S/C20H25FN2O5S2/c21-16-9-14(28-11-13-3-7-30(25,26)8-4-13)10-17-19(16)20(24)23-18(22-17)12-29-15-1-5-27-6-2-15/h9-10,13,15,19H,1-8,11-12H2. The third-order valence-corrected chi connectivity index (χ3v) is 8.75. The van der Waals surface area contributed by atoms with Crippen molar-refractivity contribution in [2.45, 2.75) is 30.9 Å². The molecule has 0 aromatic heterocycles. The first-order valence-electron chi connectivity index (χ1n) is 10.2. The number of ether oxygens (including phenoxy) is 2. The number of nitrogens with zero attached hydrogens (tertiary/aromatic N) is 2. The maximum Gasteiger partial charge on any atom is 0.263 e. The molecule has 0 radical (unpaired) electrons. The molecule has 1 unspecified atom stereocenters. The van der Waals surface area contributed by atoms with E-state index in [-0.39, 0.29) is 17.4 Å². The van der Waals surface area contributed by atoms with E-state index in [1.807, 2.05) is 0 Å². The van der Waals surface area contributed by atoms with Crippen molar-refractivity contribution in [3.63, 3.8) is 0 Å². The normalized spacial score (nSPS) is 27.5. The first kappa shape index (κ1) is 21.7. The highest BCUT2D eigenvalue weighted by molar-refractivity contribution is 8.00. The van der Waals surface area contributed by atoms with E-state index >= 15 is 0 Å². The smallest absolute Gasteiger partial charge is 0.263 e. The van der Waals surface area contributed by atoms with Crippen LogP contribution in [0, 0.1) is 11.8 Å². The van der Waals surface area contributed by atoms with Gasteiger partial charge in [0, 0.05) is 30.6 Å². The Labute approximate surface area is 179 Å². The van der Waals surface area contributed by atoms with Crippen molar-refractivity contribution >= 4 is 39.1 Å². The van der Waals surface area contributed by atoms with Crippen molar-refractivity contribution in [3.05, 3.63) is 23.7 Å². The molecule has 1 atom stereocenters. The summed E-state index contributed by atoms with van der Waals surface area (Å²) in [6, 6.07) is 0. The molecule has 164 valence electrons. The number of aliphatic imine (C=N–C) groups is 2. The molecule has 0 bridgehead atoms. The minimum atomic E-state index is -2.93. The van der Waals surface area contributed by atoms with E-state index in [1.54, 1.807) is 17.8 Å². The number of carbonyl (C=O) groups excluding carboxylic acids is 1. The third-order valence-electron chi connectivity index (χ3n) is 5.66. The van der Waals surface area contributed by atoms with Crippen molar-refractivity contribution in [3.8, 4) is 0 Å². The summed E-state index contributed by atoms with van der Waals surface area (Å²) in [5.74, 6) is -0.589. The summed E-state index contributed by atoms with van der Waals surface area (Å²) in [6.07, 6.45) is 5.82. The molecule has 3 aliphatic heterocycles. The largest absolute Gasteiger partial charge is 0.493 e. The number of hydrogen-bond acceptors (Lipinski definition) is 7. The summed E-state index contributed by atoms with van der Waals surface area (Å²) in [6.45, 7) is 1.80. The molecule has 7 nitrogen and oxygen atoms in total. The highest BCUT2D eigenvalue weighted by atomic mass is 32.2. The lowest BCUT2D eigenvalue weighted by Crippen LogP contribution is -2.31. The Morgan fingerprint density at radius 3 is 2.60 bits per heavy atom. The van der Waals surface area contributed by atoms with Crippen LogP contribution >= 0.6 is 11.8 Å². The summed E-state index contributed by atoms with van der Waals surface area (Å²) in [7, 11) is -2.93. The second-order valence-electron chi connectivity index (χ2n) is 7.94. The molecule has 3 heterocycles. The molecule has 4 rings (SSSR count). The SMILES string of the molecule is O=C1N=C(CSC2CCOCC2)N=C2C=C(OCC3CCS(=O)(=O)CC3)C=C(F)C12. The molecule has 1 amide bonds. The second-order valence-corrected chi connectivity index (χ2v) is 11.5. The predicted octanol–water partition coefficient (Wildman–Crippen LogP) is 2.49. The van der Waals surface area contributed by atoms with E-state index in [1.165, 1.54) is 6.08 Å². The van der Waals surface area contributed by atoms with E-state index < -0.39 is 27.5 Å². The van der Waals surface area contributed by atoms with Crippen molar-refractivity contribution in [2.75, 3.05) is 37.1 Å². The molecule has 4 aliphatic rings. The predicted molar refractivity (Wildman–Crippen MR) is 114 cm³/mol. The Morgan fingerprint density at radius 2 is 1.87 bits per heavy atom. The number of amidine groups is 1. The van der Waals surface area contributed by atoms with Gasteiger partial charge in [0.1, 0.15) is 33.2 Å². The molecule has 0 aromatic carbocycles. The van der Waals surface area contributed by atoms with Crippen LogP contribution in [0.25, 0.3) is 0 Å². The zero-order valence-electron chi connectivity index (χ0n) is 16.6. The van der Waals surface area contributed by atoms with Crippen LogP contribution in [0.2, 0.25) is 0 Å². The van der Waals surface area contributed by atoms with Crippen LogP contribution in [0.4, 0.5) is 4.39 Å². The van der Waals surface area contributed by atoms with E-state index in [9.17, 15) is 17.6 Å². The van der Waals surface area contributed by atoms with Gasteiger partial charge in [-0.3, -0.25) is 4.79 Å². The fourth-order valence-electron chi connectivity index (χ4n) is 3.84. The van der Waals surface area contributed by atoms with Gasteiger partial charge >= 0.3 is 0 Å². The first-order valence-corrected chi connectivity index (χ1v) is 13.1. The van der Waals surface area contributed by atoms with Gasteiger partial charge < -0.3 is 9.47 Å². The van der Waals surface area contributed by atoms with Gasteiger partial charge in [-0.15, -0.1) is 0 Å². The van der Waals surface area contributed by atoms with Gasteiger partial charge in [0.05, 0.1) is 29.6 Å². The quantitative estimate of drug-likeness (QED) is 0.610. The molecule has 10 heteroatoms. The minimum Gasteiger partial charge on any atom is -0.493 e. The van der Waals surface area contributed by atoms with Crippen molar-refractivity contribution in [1.29, 1.82) is 0 Å². The van der Waals surface area contributed by atoms with Crippen LogP contribution in [0.5, 0.6) is 0 Å². The number of sulfone groups is 1. The average molecular weight is 457 g/mol. The summed E-state index contributed by atoms with van der Waals surface area (Å²) >= 11 is 1.70. The fourth-order valence-corrected chi connectivity index (χ4v) is 6.47. The molecular formula is C20H25FN2O5S2.